The van der Waals surface area contributed by atoms with Gasteiger partial charge in [-0.3, -0.25) is 9.59 Å². The van der Waals surface area contributed by atoms with Crippen LogP contribution in [0.15, 0.2) is 35.9 Å². The van der Waals surface area contributed by atoms with Crippen molar-refractivity contribution in [2.75, 3.05) is 0 Å². The molecule has 0 aliphatic heterocycles. The number of unbranched alkanes of at least 4 members (excludes halogenated alkanes) is 10. The van der Waals surface area contributed by atoms with E-state index in [1.165, 1.54) is 56.9 Å². The van der Waals surface area contributed by atoms with Gasteiger partial charge in [0.15, 0.2) is 0 Å². The van der Waals surface area contributed by atoms with Gasteiger partial charge in [0.25, 0.3) is 0 Å². The first-order valence-corrected chi connectivity index (χ1v) is 14.7. The topological polar surface area (TPSA) is 52.6 Å². The molecule has 0 N–H and O–H groups in total. The zero-order valence-corrected chi connectivity index (χ0v) is 23.3. The molecule has 0 heterocycles. The van der Waals surface area contributed by atoms with E-state index in [2.05, 4.69) is 26.8 Å². The van der Waals surface area contributed by atoms with Gasteiger partial charge in [-0.1, -0.05) is 114 Å². The molecule has 37 heavy (non-hydrogen) atoms. The summed E-state index contributed by atoms with van der Waals surface area (Å²) in [6.07, 6.45) is 18.0. The first kappa shape index (κ1) is 28.9. The number of rotatable bonds is 16. The summed E-state index contributed by atoms with van der Waals surface area (Å²) in [5, 5.41) is 1.68. The third-order valence-electron chi connectivity index (χ3n) is 7.34. The number of ether oxygens (including phenoxy) is 2. The highest BCUT2D eigenvalue weighted by atomic mass is 16.5. The molecule has 4 nitrogen and oxygen atoms in total. The Kier molecular flexibility index (Phi) is 12.2. The number of carbonyl (C=O) groups is 2. The maximum atomic E-state index is 12.9. The molecular formula is C33H46O4. The Morgan fingerprint density at radius 3 is 1.65 bits per heavy atom. The summed E-state index contributed by atoms with van der Waals surface area (Å²) in [7, 11) is 0. The Morgan fingerprint density at radius 2 is 1.14 bits per heavy atom. The van der Waals surface area contributed by atoms with Crippen molar-refractivity contribution in [3.8, 4) is 11.5 Å². The molecule has 0 spiro atoms. The third-order valence-corrected chi connectivity index (χ3v) is 7.34. The average molecular weight is 507 g/mol. The molecule has 0 aromatic heterocycles. The Balaban J connectivity index is 1.76. The summed E-state index contributed by atoms with van der Waals surface area (Å²) in [5.74, 6) is 0.926. The molecule has 0 bridgehead atoms. The lowest BCUT2D eigenvalue weighted by Crippen LogP contribution is -2.15. The largest absolute Gasteiger partial charge is 0.426 e. The monoisotopic (exact) mass is 506 g/mol. The zero-order valence-electron chi connectivity index (χ0n) is 23.3. The summed E-state index contributed by atoms with van der Waals surface area (Å²) in [6, 6.07) is 7.85. The summed E-state index contributed by atoms with van der Waals surface area (Å²) >= 11 is 0. The van der Waals surface area contributed by atoms with E-state index in [1.807, 2.05) is 24.3 Å². The second-order valence-electron chi connectivity index (χ2n) is 10.6. The van der Waals surface area contributed by atoms with E-state index in [0.717, 1.165) is 47.6 Å². The van der Waals surface area contributed by atoms with Crippen LogP contribution in [0.3, 0.4) is 0 Å². The molecule has 4 heteroatoms. The number of hydrogen-bond donors (Lipinski definition) is 0. The van der Waals surface area contributed by atoms with Crippen molar-refractivity contribution >= 4 is 22.7 Å². The van der Waals surface area contributed by atoms with Crippen LogP contribution in [0.5, 0.6) is 11.5 Å². The van der Waals surface area contributed by atoms with Crippen molar-refractivity contribution in [2.45, 2.75) is 124 Å². The molecule has 0 fully saturated rings. The molecule has 202 valence electrons. The molecule has 0 saturated carbocycles. The van der Waals surface area contributed by atoms with Crippen LogP contribution in [0.25, 0.3) is 10.8 Å². The quantitative estimate of drug-likeness (QED) is 0.0985. The minimum absolute atomic E-state index is 0.178. The van der Waals surface area contributed by atoms with Gasteiger partial charge in [-0.25, -0.2) is 0 Å². The minimum atomic E-state index is -0.179. The van der Waals surface area contributed by atoms with Gasteiger partial charge in [0, 0.05) is 34.7 Å². The number of carbonyl (C=O) groups excluding carboxylic acids is 2. The number of allylic oxidation sites excluding steroid dienone is 2. The van der Waals surface area contributed by atoms with Gasteiger partial charge in [-0.05, 0) is 32.6 Å². The van der Waals surface area contributed by atoms with Crippen LogP contribution >= 0.6 is 0 Å². The molecular weight excluding hydrogens is 460 g/mol. The van der Waals surface area contributed by atoms with Gasteiger partial charge < -0.3 is 9.47 Å². The molecule has 0 atom stereocenters. The van der Waals surface area contributed by atoms with Crippen molar-refractivity contribution in [1.29, 1.82) is 0 Å². The van der Waals surface area contributed by atoms with Crippen LogP contribution in [0.2, 0.25) is 0 Å². The molecule has 2 aromatic carbocycles. The predicted molar refractivity (Wildman–Crippen MR) is 152 cm³/mol. The average Bonchev–Trinajstić information content (AvgIpc) is 2.90. The van der Waals surface area contributed by atoms with Crippen LogP contribution in [0.1, 0.15) is 122 Å². The minimum Gasteiger partial charge on any atom is -0.426 e. The van der Waals surface area contributed by atoms with Crippen molar-refractivity contribution in [1.82, 2.24) is 0 Å². The molecule has 2 aromatic rings. The Labute approximate surface area is 223 Å². The SMILES string of the molecule is CCCCCCCCC(=O)Oc1c2c(c(OC(=O)CCCCCCCC)c3ccccc13)CC(C)=CC2. The molecule has 1 aliphatic carbocycles. The van der Waals surface area contributed by atoms with Crippen molar-refractivity contribution < 1.29 is 19.1 Å². The lowest BCUT2D eigenvalue weighted by molar-refractivity contribution is -0.135. The van der Waals surface area contributed by atoms with E-state index in [9.17, 15) is 9.59 Å². The fourth-order valence-corrected chi connectivity index (χ4v) is 5.17. The number of hydrogen-bond acceptors (Lipinski definition) is 4. The standard InChI is InChI=1S/C33H46O4/c1-4-6-8-10-12-14-20-30(34)36-32-26-18-16-17-19-27(26)33(29-24-25(3)22-23-28(29)32)37-31(35)21-15-13-11-9-7-5-2/h16-19,22H,4-15,20-21,23-24H2,1-3H3. The molecule has 3 rings (SSSR count). The van der Waals surface area contributed by atoms with Gasteiger partial charge in [-0.15, -0.1) is 0 Å². The predicted octanol–water partition coefficient (Wildman–Crippen LogP) is 9.20. The zero-order chi connectivity index (χ0) is 26.5. The normalized spacial score (nSPS) is 12.8. The lowest BCUT2D eigenvalue weighted by Gasteiger charge is -2.24. The maximum absolute atomic E-state index is 12.9. The van der Waals surface area contributed by atoms with E-state index < -0.39 is 0 Å². The second kappa shape index (κ2) is 15.6. The molecule has 0 radical (unpaired) electrons. The van der Waals surface area contributed by atoms with Gasteiger partial charge in [0.1, 0.15) is 11.5 Å². The smallest absolute Gasteiger partial charge is 0.311 e. The number of esters is 2. The summed E-state index contributed by atoms with van der Waals surface area (Å²) < 4.78 is 12.1. The van der Waals surface area contributed by atoms with E-state index in [-0.39, 0.29) is 11.9 Å². The maximum Gasteiger partial charge on any atom is 0.311 e. The van der Waals surface area contributed by atoms with Gasteiger partial charge >= 0.3 is 11.9 Å². The van der Waals surface area contributed by atoms with E-state index in [0.29, 0.717) is 37.2 Å². The Bertz CT molecular complexity index is 1070. The lowest BCUT2D eigenvalue weighted by atomic mass is 9.87. The van der Waals surface area contributed by atoms with Crippen LogP contribution in [0.4, 0.5) is 0 Å². The van der Waals surface area contributed by atoms with Gasteiger partial charge in [0.05, 0.1) is 0 Å². The van der Waals surface area contributed by atoms with Crippen molar-refractivity contribution in [3.63, 3.8) is 0 Å². The second-order valence-corrected chi connectivity index (χ2v) is 10.6. The highest BCUT2D eigenvalue weighted by Gasteiger charge is 2.26. The fraction of sp³-hybridized carbons (Fsp3) is 0.576. The summed E-state index contributed by atoms with van der Waals surface area (Å²) in [6.45, 7) is 6.52. The van der Waals surface area contributed by atoms with Crippen molar-refractivity contribution in [3.05, 3.63) is 47.0 Å². The van der Waals surface area contributed by atoms with Crippen LogP contribution < -0.4 is 9.47 Å². The van der Waals surface area contributed by atoms with Crippen molar-refractivity contribution in [2.24, 2.45) is 0 Å². The summed E-state index contributed by atoms with van der Waals surface area (Å²) in [5.41, 5.74) is 3.20. The van der Waals surface area contributed by atoms with E-state index in [1.54, 1.807) is 0 Å². The number of fused-ring (bicyclic) bond motifs is 2. The molecule has 0 saturated heterocycles. The molecule has 0 unspecified atom stereocenters. The Morgan fingerprint density at radius 1 is 0.676 bits per heavy atom. The molecule has 0 amide bonds. The highest BCUT2D eigenvalue weighted by molar-refractivity contribution is 5.99. The van der Waals surface area contributed by atoms with Crippen LogP contribution in [0, 0.1) is 0 Å². The van der Waals surface area contributed by atoms with Crippen LogP contribution in [-0.2, 0) is 22.4 Å². The van der Waals surface area contributed by atoms with Gasteiger partial charge in [0.2, 0.25) is 0 Å². The van der Waals surface area contributed by atoms with Crippen LogP contribution in [-0.4, -0.2) is 11.9 Å². The fourth-order valence-electron chi connectivity index (χ4n) is 5.17. The molecule has 1 aliphatic rings. The van der Waals surface area contributed by atoms with Gasteiger partial charge in [-0.2, -0.15) is 0 Å². The highest BCUT2D eigenvalue weighted by Crippen LogP contribution is 2.44. The number of benzene rings is 2. The third kappa shape index (κ3) is 8.72. The first-order chi connectivity index (χ1) is 18.0. The van der Waals surface area contributed by atoms with E-state index >= 15 is 0 Å². The van der Waals surface area contributed by atoms with E-state index in [4.69, 9.17) is 9.47 Å². The summed E-state index contributed by atoms with van der Waals surface area (Å²) in [4.78, 5) is 25.7. The first-order valence-electron chi connectivity index (χ1n) is 14.7. The Hall–Kier alpha value is -2.62.